The van der Waals surface area contributed by atoms with E-state index in [1.165, 1.54) is 26.0 Å². The number of rotatable bonds is 1. The third-order valence-corrected chi connectivity index (χ3v) is 1.55. The van der Waals surface area contributed by atoms with Gasteiger partial charge in [0.15, 0.2) is 0 Å². The van der Waals surface area contributed by atoms with Gasteiger partial charge in [0.1, 0.15) is 0 Å². The van der Waals surface area contributed by atoms with Crippen LogP contribution in [0.5, 0.6) is 0 Å². The Morgan fingerprint density at radius 2 is 1.93 bits per heavy atom. The SMILES string of the molecule is CN(C)C(=O)N(C)c1nc(=O)[nH]c(=O)o1. The molecule has 0 aliphatic carbocycles. The van der Waals surface area contributed by atoms with Crippen LogP contribution in [0, 0.1) is 0 Å². The highest BCUT2D eigenvalue weighted by atomic mass is 16.4. The molecule has 0 fully saturated rings. The Bertz CT molecular complexity index is 446. The summed E-state index contributed by atoms with van der Waals surface area (Å²) in [5, 5.41) is 0. The summed E-state index contributed by atoms with van der Waals surface area (Å²) < 4.78 is 4.55. The summed E-state index contributed by atoms with van der Waals surface area (Å²) in [4.78, 5) is 40.4. The summed E-state index contributed by atoms with van der Waals surface area (Å²) in [6, 6.07) is -0.807. The normalized spacial score (nSPS) is 9.80. The van der Waals surface area contributed by atoms with Gasteiger partial charge in [-0.15, -0.1) is 4.98 Å². The Labute approximate surface area is 84.1 Å². The zero-order valence-corrected chi connectivity index (χ0v) is 8.47. The van der Waals surface area contributed by atoms with Crippen LogP contribution in [0.1, 0.15) is 0 Å². The first kappa shape index (κ1) is 11.0. The number of urea groups is 1. The second-order valence-corrected chi connectivity index (χ2v) is 2.95. The summed E-state index contributed by atoms with van der Waals surface area (Å²) in [7, 11) is 4.38. The number of anilines is 1. The molecule has 0 atom stereocenters. The van der Waals surface area contributed by atoms with E-state index in [1.807, 2.05) is 0 Å². The molecule has 1 heterocycles. The number of aromatic amines is 1. The van der Waals surface area contributed by atoms with Crippen LogP contribution in [0.3, 0.4) is 0 Å². The van der Waals surface area contributed by atoms with Crippen LogP contribution in [0.15, 0.2) is 14.0 Å². The second-order valence-electron chi connectivity index (χ2n) is 2.95. The Balaban J connectivity index is 3.11. The average Bonchev–Trinajstić information content (AvgIpc) is 2.13. The van der Waals surface area contributed by atoms with E-state index in [2.05, 4.69) is 9.40 Å². The predicted octanol–water partition coefficient (Wildman–Crippen LogP) is -1.16. The third-order valence-electron chi connectivity index (χ3n) is 1.55. The quantitative estimate of drug-likeness (QED) is 0.635. The first-order valence-corrected chi connectivity index (χ1v) is 3.98. The minimum atomic E-state index is -0.955. The van der Waals surface area contributed by atoms with Gasteiger partial charge < -0.3 is 9.32 Å². The summed E-state index contributed by atoms with van der Waals surface area (Å²) in [5.74, 6) is -0.955. The Hall–Kier alpha value is -2.12. The Kier molecular flexibility index (Phi) is 2.88. The maximum Gasteiger partial charge on any atom is 0.423 e. The zero-order valence-electron chi connectivity index (χ0n) is 8.47. The van der Waals surface area contributed by atoms with Crippen LogP contribution in [0.4, 0.5) is 10.8 Å². The molecule has 0 saturated heterocycles. The molecule has 0 saturated carbocycles. The number of aromatic nitrogens is 2. The van der Waals surface area contributed by atoms with E-state index < -0.39 is 17.5 Å². The fourth-order valence-corrected chi connectivity index (χ4v) is 0.859. The van der Waals surface area contributed by atoms with Crippen molar-refractivity contribution in [3.05, 3.63) is 21.0 Å². The van der Waals surface area contributed by atoms with Crippen LogP contribution in [-0.2, 0) is 0 Å². The first-order valence-electron chi connectivity index (χ1n) is 3.98. The van der Waals surface area contributed by atoms with Crippen LogP contribution in [-0.4, -0.2) is 42.0 Å². The number of hydrogen-bond donors (Lipinski definition) is 1. The van der Waals surface area contributed by atoms with Gasteiger partial charge in [0.25, 0.3) is 0 Å². The van der Waals surface area contributed by atoms with Crippen molar-refractivity contribution in [3.8, 4) is 0 Å². The molecule has 2 amide bonds. The number of amides is 2. The topological polar surface area (TPSA) is 99.5 Å². The second kappa shape index (κ2) is 3.95. The highest BCUT2D eigenvalue weighted by molar-refractivity contribution is 5.88. The number of hydrogen-bond acceptors (Lipinski definition) is 5. The molecular weight excluding hydrogens is 204 g/mol. The number of carbonyl (C=O) groups excluding carboxylic acids is 1. The van der Waals surface area contributed by atoms with E-state index in [-0.39, 0.29) is 6.01 Å². The van der Waals surface area contributed by atoms with Crippen LogP contribution in [0.2, 0.25) is 0 Å². The zero-order chi connectivity index (χ0) is 11.6. The van der Waals surface area contributed by atoms with Gasteiger partial charge in [0.05, 0.1) is 0 Å². The van der Waals surface area contributed by atoms with Gasteiger partial charge in [0.2, 0.25) is 0 Å². The molecule has 0 aliphatic heterocycles. The van der Waals surface area contributed by atoms with Gasteiger partial charge in [-0.2, -0.15) is 0 Å². The highest BCUT2D eigenvalue weighted by Gasteiger charge is 2.17. The molecule has 0 unspecified atom stereocenters. The lowest BCUT2D eigenvalue weighted by atomic mass is 10.7. The molecule has 82 valence electrons. The van der Waals surface area contributed by atoms with E-state index in [0.29, 0.717) is 0 Å². The van der Waals surface area contributed by atoms with Gasteiger partial charge in [-0.25, -0.2) is 19.4 Å². The van der Waals surface area contributed by atoms with E-state index in [0.717, 1.165) is 4.90 Å². The van der Waals surface area contributed by atoms with Crippen molar-refractivity contribution in [2.75, 3.05) is 26.0 Å². The molecule has 0 aliphatic rings. The van der Waals surface area contributed by atoms with Crippen molar-refractivity contribution in [3.63, 3.8) is 0 Å². The fourth-order valence-electron chi connectivity index (χ4n) is 0.859. The smallest absolute Gasteiger partial charge is 0.375 e. The standard InChI is InChI=1S/C7H10N4O4/c1-10(2)7(14)11(3)5-8-4(12)9-6(13)15-5/h1-3H3,(H,9,12,13). The monoisotopic (exact) mass is 214 g/mol. The maximum absolute atomic E-state index is 11.4. The van der Waals surface area contributed by atoms with Crippen molar-refractivity contribution in [1.29, 1.82) is 0 Å². The molecule has 0 radical (unpaired) electrons. The lowest BCUT2D eigenvalue weighted by Gasteiger charge is -2.18. The van der Waals surface area contributed by atoms with Crippen LogP contribution < -0.4 is 16.3 Å². The number of carbonyl (C=O) groups is 1. The first-order chi connectivity index (χ1) is 6.91. The van der Waals surface area contributed by atoms with Crippen molar-refractivity contribution in [2.24, 2.45) is 0 Å². The summed E-state index contributed by atoms with van der Waals surface area (Å²) in [6.07, 6.45) is 0. The van der Waals surface area contributed by atoms with Gasteiger partial charge in [-0.3, -0.25) is 4.90 Å². The molecule has 0 aromatic carbocycles. The van der Waals surface area contributed by atoms with Gasteiger partial charge in [0, 0.05) is 21.1 Å². The van der Waals surface area contributed by atoms with Crippen molar-refractivity contribution >= 4 is 12.0 Å². The van der Waals surface area contributed by atoms with Gasteiger partial charge >= 0.3 is 23.5 Å². The van der Waals surface area contributed by atoms with E-state index in [9.17, 15) is 14.4 Å². The number of nitrogens with one attached hydrogen (secondary N) is 1. The third kappa shape index (κ3) is 2.42. The molecular formula is C7H10N4O4. The van der Waals surface area contributed by atoms with Crippen LogP contribution in [0.25, 0.3) is 0 Å². The van der Waals surface area contributed by atoms with Crippen molar-refractivity contribution in [1.82, 2.24) is 14.9 Å². The number of H-pyrrole nitrogens is 1. The summed E-state index contributed by atoms with van der Waals surface area (Å²) in [6.45, 7) is 0. The molecule has 15 heavy (non-hydrogen) atoms. The van der Waals surface area contributed by atoms with E-state index >= 15 is 0 Å². The minimum Gasteiger partial charge on any atom is -0.375 e. The largest absolute Gasteiger partial charge is 0.423 e. The molecule has 8 nitrogen and oxygen atoms in total. The molecule has 0 bridgehead atoms. The molecule has 0 spiro atoms. The Morgan fingerprint density at radius 1 is 1.33 bits per heavy atom. The van der Waals surface area contributed by atoms with Crippen LogP contribution >= 0.6 is 0 Å². The van der Waals surface area contributed by atoms with E-state index in [1.54, 1.807) is 4.98 Å². The highest BCUT2D eigenvalue weighted by Crippen LogP contribution is 2.03. The molecule has 8 heteroatoms. The lowest BCUT2D eigenvalue weighted by Crippen LogP contribution is -2.38. The Morgan fingerprint density at radius 3 is 2.40 bits per heavy atom. The minimum absolute atomic E-state index is 0.345. The van der Waals surface area contributed by atoms with E-state index in [4.69, 9.17) is 0 Å². The lowest BCUT2D eigenvalue weighted by molar-refractivity contribution is 0.223. The van der Waals surface area contributed by atoms with Gasteiger partial charge in [-0.05, 0) is 0 Å². The van der Waals surface area contributed by atoms with Gasteiger partial charge in [-0.1, -0.05) is 0 Å². The van der Waals surface area contributed by atoms with Crippen molar-refractivity contribution in [2.45, 2.75) is 0 Å². The fraction of sp³-hybridized carbons (Fsp3) is 0.429. The maximum atomic E-state index is 11.4. The molecule has 1 aromatic rings. The molecule has 1 rings (SSSR count). The average molecular weight is 214 g/mol. The van der Waals surface area contributed by atoms with Crippen molar-refractivity contribution < 1.29 is 9.21 Å². The predicted molar refractivity (Wildman–Crippen MR) is 50.9 cm³/mol. The molecule has 1 N–H and O–H groups in total. The summed E-state index contributed by atoms with van der Waals surface area (Å²) in [5.41, 5.74) is -0.861. The number of nitrogens with zero attached hydrogens (tertiary/aromatic N) is 3. The summed E-state index contributed by atoms with van der Waals surface area (Å²) >= 11 is 0. The molecule has 1 aromatic heterocycles.